The van der Waals surface area contributed by atoms with Crippen LogP contribution in [0.4, 0.5) is 0 Å². The molecule has 0 saturated carbocycles. The first-order valence-corrected chi connectivity index (χ1v) is 18.4. The van der Waals surface area contributed by atoms with Crippen LogP contribution < -0.4 is 0 Å². The third kappa shape index (κ3) is 4.83. The van der Waals surface area contributed by atoms with Crippen LogP contribution in [0.15, 0.2) is 192 Å². The smallest absolute Gasteiger partial charge is 0.161 e. The van der Waals surface area contributed by atoms with Gasteiger partial charge in [0.05, 0.1) is 11.2 Å². The first-order valence-electron chi connectivity index (χ1n) is 18.4. The second-order valence-corrected chi connectivity index (χ2v) is 14.1. The molecule has 0 N–H and O–H groups in total. The van der Waals surface area contributed by atoms with E-state index in [2.05, 4.69) is 170 Å². The first-order chi connectivity index (χ1) is 26.8. The highest BCUT2D eigenvalue weighted by Crippen LogP contribution is 2.52. The van der Waals surface area contributed by atoms with E-state index in [0.29, 0.717) is 5.82 Å². The lowest BCUT2D eigenvalue weighted by Crippen LogP contribution is -2.00. The monoisotopic (exact) mass is 688 g/mol. The minimum Gasteiger partial charge on any atom is -0.456 e. The van der Waals surface area contributed by atoms with Crippen molar-refractivity contribution in [3.8, 4) is 56.0 Å². The summed E-state index contributed by atoms with van der Waals surface area (Å²) in [4.78, 5) is 10.4. The maximum Gasteiger partial charge on any atom is 0.161 e. The number of rotatable bonds is 5. The van der Waals surface area contributed by atoms with Crippen molar-refractivity contribution in [2.45, 2.75) is 5.92 Å². The molecule has 3 nitrogen and oxygen atoms in total. The maximum atomic E-state index is 6.92. The molecule has 0 saturated heterocycles. The summed E-state index contributed by atoms with van der Waals surface area (Å²) < 4.78 is 6.92. The van der Waals surface area contributed by atoms with E-state index in [1.54, 1.807) is 0 Å². The number of nitrogens with zero attached hydrogens (tertiary/aromatic N) is 2. The van der Waals surface area contributed by atoms with Crippen LogP contribution in [0.1, 0.15) is 22.6 Å². The fourth-order valence-corrected chi connectivity index (χ4v) is 8.50. The molecule has 54 heavy (non-hydrogen) atoms. The molecule has 0 fully saturated rings. The Hall–Kier alpha value is -7.10. The lowest BCUT2D eigenvalue weighted by atomic mass is 9.87. The van der Waals surface area contributed by atoms with Crippen molar-refractivity contribution in [2.75, 3.05) is 0 Å². The van der Waals surface area contributed by atoms with Gasteiger partial charge in [-0.15, -0.1) is 0 Å². The number of benzene rings is 8. The zero-order valence-corrected chi connectivity index (χ0v) is 29.3. The Morgan fingerprint density at radius 3 is 1.63 bits per heavy atom. The molecule has 0 aliphatic heterocycles. The summed E-state index contributed by atoms with van der Waals surface area (Å²) in [6, 6.07) is 66.7. The van der Waals surface area contributed by atoms with Crippen molar-refractivity contribution in [3.05, 3.63) is 205 Å². The Labute approximate surface area is 312 Å². The van der Waals surface area contributed by atoms with Crippen LogP contribution in [0.5, 0.6) is 0 Å². The van der Waals surface area contributed by atoms with Crippen LogP contribution in [0.3, 0.4) is 0 Å². The van der Waals surface area contributed by atoms with Crippen molar-refractivity contribution in [3.63, 3.8) is 0 Å². The molecule has 3 heteroatoms. The quantitative estimate of drug-likeness (QED) is 0.181. The number of furan rings is 1. The van der Waals surface area contributed by atoms with E-state index < -0.39 is 0 Å². The summed E-state index contributed by atoms with van der Waals surface area (Å²) in [5.74, 6) is 0.684. The van der Waals surface area contributed by atoms with Gasteiger partial charge >= 0.3 is 0 Å². The predicted molar refractivity (Wildman–Crippen MR) is 221 cm³/mol. The van der Waals surface area contributed by atoms with E-state index in [1.165, 1.54) is 44.5 Å². The number of hydrogen-bond acceptors (Lipinski definition) is 3. The first kappa shape index (κ1) is 30.5. The summed E-state index contributed by atoms with van der Waals surface area (Å²) in [6.07, 6.45) is 0. The van der Waals surface area contributed by atoms with Gasteiger partial charge in [-0.3, -0.25) is 0 Å². The summed E-state index contributed by atoms with van der Waals surface area (Å²) in [7, 11) is 0. The van der Waals surface area contributed by atoms with Gasteiger partial charge in [-0.2, -0.15) is 0 Å². The topological polar surface area (TPSA) is 38.9 Å². The van der Waals surface area contributed by atoms with E-state index in [4.69, 9.17) is 14.4 Å². The van der Waals surface area contributed by atoms with Crippen LogP contribution in [-0.4, -0.2) is 9.97 Å². The molecule has 11 rings (SSSR count). The fourth-order valence-electron chi connectivity index (χ4n) is 8.50. The highest BCUT2D eigenvalue weighted by molar-refractivity contribution is 6.13. The average molecular weight is 689 g/mol. The largest absolute Gasteiger partial charge is 0.456 e. The normalized spacial score (nSPS) is 12.4. The van der Waals surface area contributed by atoms with Gasteiger partial charge in [0.25, 0.3) is 0 Å². The number of hydrogen-bond donors (Lipinski definition) is 0. The van der Waals surface area contributed by atoms with Gasteiger partial charge in [-0.25, -0.2) is 9.97 Å². The lowest BCUT2D eigenvalue weighted by Gasteiger charge is -2.15. The van der Waals surface area contributed by atoms with Gasteiger partial charge in [0.1, 0.15) is 11.2 Å². The van der Waals surface area contributed by atoms with E-state index in [-0.39, 0.29) is 5.92 Å². The molecular weight excluding hydrogens is 657 g/mol. The van der Waals surface area contributed by atoms with Crippen LogP contribution in [0.2, 0.25) is 0 Å². The maximum absolute atomic E-state index is 6.92. The van der Waals surface area contributed by atoms with E-state index in [9.17, 15) is 0 Å². The SMILES string of the molecule is c1ccc(-c2ccc3c(c2)-c2cc(-c4ccccc4)ccc2C3c2cccc3c2oc2cccc(-c4nc(-c5ccccc5)c5ccccc5n4)c23)cc1. The molecule has 252 valence electrons. The minimum atomic E-state index is -0.000962. The third-order valence-corrected chi connectivity index (χ3v) is 11.0. The van der Waals surface area contributed by atoms with E-state index in [0.717, 1.165) is 55.2 Å². The standard InChI is InChI=1S/C51H32N2O/c1-4-14-32(15-5-1)35-26-28-37-43(30-35)44-31-36(33-16-6-2-7-17-33)27-29-38(44)47(37)40-21-12-22-41-48-42(23-13-25-46(48)54-50(40)41)51-52-45-24-11-10-20-39(45)49(53-51)34-18-8-3-9-19-34/h1-31,47H. The Morgan fingerprint density at radius 1 is 0.389 bits per heavy atom. The lowest BCUT2D eigenvalue weighted by molar-refractivity contribution is 0.661. The van der Waals surface area contributed by atoms with Crippen molar-refractivity contribution < 1.29 is 4.42 Å². The number of para-hydroxylation sites is 2. The molecule has 0 spiro atoms. The Morgan fingerprint density at radius 2 is 0.963 bits per heavy atom. The molecule has 2 heterocycles. The van der Waals surface area contributed by atoms with Gasteiger partial charge in [-0.1, -0.05) is 164 Å². The zero-order valence-electron chi connectivity index (χ0n) is 29.3. The Balaban J connectivity index is 1.12. The minimum absolute atomic E-state index is 0.000962. The van der Waals surface area contributed by atoms with Gasteiger partial charge in [0.2, 0.25) is 0 Å². The van der Waals surface area contributed by atoms with Crippen molar-refractivity contribution in [1.82, 2.24) is 9.97 Å². The molecule has 10 aromatic rings. The second-order valence-electron chi connectivity index (χ2n) is 14.1. The number of aromatic nitrogens is 2. The average Bonchev–Trinajstić information content (AvgIpc) is 3.79. The molecule has 1 aliphatic carbocycles. The van der Waals surface area contributed by atoms with Crippen molar-refractivity contribution in [2.24, 2.45) is 0 Å². The molecule has 0 unspecified atom stereocenters. The van der Waals surface area contributed by atoms with Gasteiger partial charge in [0, 0.05) is 38.8 Å². The third-order valence-electron chi connectivity index (χ3n) is 11.0. The van der Waals surface area contributed by atoms with Gasteiger partial charge in [-0.05, 0) is 68.8 Å². The van der Waals surface area contributed by atoms with Gasteiger partial charge < -0.3 is 4.42 Å². The number of fused-ring (bicyclic) bond motifs is 7. The summed E-state index contributed by atoms with van der Waals surface area (Å²) in [5.41, 5.74) is 16.7. The molecule has 8 aromatic carbocycles. The molecule has 2 aromatic heterocycles. The molecule has 1 aliphatic rings. The second kappa shape index (κ2) is 12.3. The van der Waals surface area contributed by atoms with Crippen LogP contribution >= 0.6 is 0 Å². The summed E-state index contributed by atoms with van der Waals surface area (Å²) in [6.45, 7) is 0. The van der Waals surface area contributed by atoms with Crippen LogP contribution in [0, 0.1) is 0 Å². The predicted octanol–water partition coefficient (Wildman–Crippen LogP) is 13.4. The molecule has 0 radical (unpaired) electrons. The van der Waals surface area contributed by atoms with Gasteiger partial charge in [0.15, 0.2) is 5.82 Å². The molecule has 0 bridgehead atoms. The summed E-state index contributed by atoms with van der Waals surface area (Å²) >= 11 is 0. The molecule has 0 amide bonds. The molecule has 0 atom stereocenters. The zero-order chi connectivity index (χ0) is 35.6. The van der Waals surface area contributed by atoms with E-state index >= 15 is 0 Å². The van der Waals surface area contributed by atoms with Crippen molar-refractivity contribution >= 4 is 32.8 Å². The Bertz CT molecular complexity index is 2950. The van der Waals surface area contributed by atoms with Crippen molar-refractivity contribution in [1.29, 1.82) is 0 Å². The fraction of sp³-hybridized carbons (Fsp3) is 0.0196. The molecular formula is C51H32N2O. The van der Waals surface area contributed by atoms with E-state index in [1.807, 2.05) is 18.2 Å². The highest BCUT2D eigenvalue weighted by Gasteiger charge is 2.33. The summed E-state index contributed by atoms with van der Waals surface area (Å²) in [5, 5.41) is 3.12. The Kier molecular flexibility index (Phi) is 6.93. The van der Waals surface area contributed by atoms with Crippen LogP contribution in [0.25, 0.3) is 88.9 Å². The highest BCUT2D eigenvalue weighted by atomic mass is 16.3. The van der Waals surface area contributed by atoms with Crippen LogP contribution in [-0.2, 0) is 0 Å².